The van der Waals surface area contributed by atoms with Crippen LogP contribution in [0.3, 0.4) is 0 Å². The highest BCUT2D eigenvalue weighted by Crippen LogP contribution is 2.21. The van der Waals surface area contributed by atoms with Gasteiger partial charge in [-0.2, -0.15) is 5.26 Å². The fraction of sp³-hybridized carbons (Fsp3) is 0. The first-order valence-corrected chi connectivity index (χ1v) is 7.92. The minimum atomic E-state index is -0.405. The van der Waals surface area contributed by atoms with Gasteiger partial charge in [0, 0.05) is 5.02 Å². The first-order chi connectivity index (χ1) is 11.5. The average molecular weight is 405 g/mol. The quantitative estimate of drug-likeness (QED) is 0.637. The van der Waals surface area contributed by atoms with E-state index >= 15 is 0 Å². The van der Waals surface area contributed by atoms with Crippen LogP contribution in [0.5, 0.6) is 0 Å². The highest BCUT2D eigenvalue weighted by molar-refractivity contribution is 9.10. The number of halogens is 3. The lowest BCUT2D eigenvalue weighted by Crippen LogP contribution is -2.11. The molecule has 0 amide bonds. The van der Waals surface area contributed by atoms with Crippen molar-refractivity contribution in [2.45, 2.75) is 0 Å². The molecule has 0 saturated heterocycles. The molecule has 0 atom stereocenters. The zero-order chi connectivity index (χ0) is 17.3. The Morgan fingerprint density at radius 1 is 1.33 bits per heavy atom. The molecule has 0 saturated carbocycles. The summed E-state index contributed by atoms with van der Waals surface area (Å²) in [4.78, 5) is 19.0. The molecule has 1 aromatic heterocycles. The van der Waals surface area contributed by atoms with Crippen LogP contribution in [0.15, 0.2) is 45.7 Å². The van der Waals surface area contributed by atoms with Gasteiger partial charge in [-0.3, -0.25) is 4.79 Å². The molecule has 0 radical (unpaired) electrons. The number of nitrogens with zero attached hydrogens (tertiary/aromatic N) is 2. The molecular formula is C17H8BrClFN3O. The van der Waals surface area contributed by atoms with Gasteiger partial charge in [0.1, 0.15) is 11.9 Å². The van der Waals surface area contributed by atoms with Crippen LogP contribution >= 0.6 is 27.5 Å². The summed E-state index contributed by atoms with van der Waals surface area (Å²) in [7, 11) is 0. The molecule has 1 N–H and O–H groups in total. The maximum atomic E-state index is 13.3. The number of aromatic nitrogens is 2. The lowest BCUT2D eigenvalue weighted by Gasteiger charge is -2.03. The van der Waals surface area contributed by atoms with E-state index < -0.39 is 5.82 Å². The summed E-state index contributed by atoms with van der Waals surface area (Å²) in [5, 5.41) is 10.2. The molecule has 118 valence electrons. The Morgan fingerprint density at radius 2 is 2.12 bits per heavy atom. The second-order valence-corrected chi connectivity index (χ2v) is 6.21. The molecule has 3 aromatic rings. The Kier molecular flexibility index (Phi) is 4.47. The van der Waals surface area contributed by atoms with E-state index in [-0.39, 0.29) is 21.4 Å². The van der Waals surface area contributed by atoms with Crippen LogP contribution in [0.1, 0.15) is 11.4 Å². The van der Waals surface area contributed by atoms with E-state index in [1.807, 2.05) is 6.07 Å². The van der Waals surface area contributed by atoms with Gasteiger partial charge in [0.05, 0.1) is 20.9 Å². The Hall–Kier alpha value is -2.49. The second-order valence-electron chi connectivity index (χ2n) is 4.92. The largest absolute Gasteiger partial charge is 0.305 e. The van der Waals surface area contributed by atoms with E-state index in [1.165, 1.54) is 24.3 Å². The maximum Gasteiger partial charge on any atom is 0.259 e. The van der Waals surface area contributed by atoms with Crippen molar-refractivity contribution in [3.8, 4) is 6.07 Å². The fourth-order valence-corrected chi connectivity index (χ4v) is 2.73. The van der Waals surface area contributed by atoms with Gasteiger partial charge in [-0.15, -0.1) is 0 Å². The van der Waals surface area contributed by atoms with E-state index in [2.05, 4.69) is 25.9 Å². The molecule has 4 nitrogen and oxygen atoms in total. The number of rotatable bonds is 2. The van der Waals surface area contributed by atoms with E-state index in [9.17, 15) is 14.4 Å². The number of hydrogen-bond donors (Lipinski definition) is 1. The summed E-state index contributed by atoms with van der Waals surface area (Å²) in [6.07, 6.45) is 1.51. The normalized spacial score (nSPS) is 11.5. The van der Waals surface area contributed by atoms with Crippen LogP contribution in [0.4, 0.5) is 4.39 Å². The molecular weight excluding hydrogens is 397 g/mol. The van der Waals surface area contributed by atoms with Crippen molar-refractivity contribution in [2.75, 3.05) is 0 Å². The van der Waals surface area contributed by atoms with Crippen LogP contribution in [-0.4, -0.2) is 9.97 Å². The number of aromatic amines is 1. The first kappa shape index (κ1) is 16.4. The van der Waals surface area contributed by atoms with Gasteiger partial charge in [-0.25, -0.2) is 9.37 Å². The smallest absolute Gasteiger partial charge is 0.259 e. The van der Waals surface area contributed by atoms with Crippen LogP contribution in [-0.2, 0) is 0 Å². The van der Waals surface area contributed by atoms with Crippen molar-refractivity contribution in [1.29, 1.82) is 5.26 Å². The first-order valence-electron chi connectivity index (χ1n) is 6.75. The fourth-order valence-electron chi connectivity index (χ4n) is 2.16. The summed E-state index contributed by atoms with van der Waals surface area (Å²) in [6.45, 7) is 0. The number of nitrogens with one attached hydrogen (secondary N) is 1. The number of fused-ring (bicyclic) bond motifs is 1. The monoisotopic (exact) mass is 403 g/mol. The number of nitriles is 1. The maximum absolute atomic E-state index is 13.3. The van der Waals surface area contributed by atoms with Crippen molar-refractivity contribution in [3.63, 3.8) is 0 Å². The summed E-state index contributed by atoms with van der Waals surface area (Å²) in [5.41, 5.74) is 0.761. The van der Waals surface area contributed by atoms with Crippen molar-refractivity contribution >= 4 is 50.1 Å². The molecule has 3 rings (SSSR count). The van der Waals surface area contributed by atoms with Crippen LogP contribution in [0.25, 0.3) is 22.6 Å². The van der Waals surface area contributed by atoms with E-state index in [0.29, 0.717) is 21.5 Å². The SMILES string of the molecule is N#C/C(=C/c1ccc(F)c(Br)c1)c1nc2cc(Cl)ccc2c(=O)[nH]1. The van der Waals surface area contributed by atoms with Gasteiger partial charge in [0.25, 0.3) is 5.56 Å². The third-order valence-corrected chi connectivity index (χ3v) is 4.14. The highest BCUT2D eigenvalue weighted by atomic mass is 79.9. The summed E-state index contributed by atoms with van der Waals surface area (Å²) in [5.74, 6) is -0.282. The van der Waals surface area contributed by atoms with Crippen molar-refractivity contribution in [1.82, 2.24) is 9.97 Å². The van der Waals surface area contributed by atoms with Gasteiger partial charge in [-0.1, -0.05) is 17.7 Å². The number of H-pyrrole nitrogens is 1. The molecule has 0 spiro atoms. The van der Waals surface area contributed by atoms with Crippen molar-refractivity contribution in [2.24, 2.45) is 0 Å². The summed E-state index contributed by atoms with van der Waals surface area (Å²) < 4.78 is 13.6. The van der Waals surface area contributed by atoms with E-state index in [0.717, 1.165) is 0 Å². The molecule has 7 heteroatoms. The summed E-state index contributed by atoms with van der Waals surface area (Å²) >= 11 is 9.02. The van der Waals surface area contributed by atoms with Crippen molar-refractivity contribution in [3.05, 3.63) is 73.5 Å². The van der Waals surface area contributed by atoms with Crippen LogP contribution in [0.2, 0.25) is 5.02 Å². The molecule has 1 heterocycles. The van der Waals surface area contributed by atoms with Gasteiger partial charge in [0.15, 0.2) is 5.82 Å². The Balaban J connectivity index is 2.16. The molecule has 0 fully saturated rings. The van der Waals surface area contributed by atoms with Crippen molar-refractivity contribution < 1.29 is 4.39 Å². The van der Waals surface area contributed by atoms with Gasteiger partial charge in [0.2, 0.25) is 0 Å². The molecule has 0 aliphatic heterocycles. The zero-order valence-corrected chi connectivity index (χ0v) is 14.3. The topological polar surface area (TPSA) is 69.5 Å². The molecule has 0 unspecified atom stereocenters. The molecule has 0 bridgehead atoms. The van der Waals surface area contributed by atoms with Crippen LogP contribution < -0.4 is 5.56 Å². The predicted molar refractivity (Wildman–Crippen MR) is 95.0 cm³/mol. The van der Waals surface area contributed by atoms with Gasteiger partial charge in [-0.05, 0) is 57.9 Å². The molecule has 24 heavy (non-hydrogen) atoms. The third-order valence-electron chi connectivity index (χ3n) is 3.30. The Morgan fingerprint density at radius 3 is 2.83 bits per heavy atom. The molecule has 2 aromatic carbocycles. The highest BCUT2D eigenvalue weighted by Gasteiger charge is 2.09. The third kappa shape index (κ3) is 3.23. The molecule has 0 aliphatic rings. The van der Waals surface area contributed by atoms with Crippen LogP contribution in [0, 0.1) is 17.1 Å². The Labute approximate surface area is 149 Å². The number of allylic oxidation sites excluding steroid dienone is 1. The average Bonchev–Trinajstić information content (AvgIpc) is 2.55. The summed E-state index contributed by atoms with van der Waals surface area (Å²) in [6, 6.07) is 11.0. The lowest BCUT2D eigenvalue weighted by molar-refractivity contribution is 0.621. The predicted octanol–water partition coefficient (Wildman–Crippen LogP) is 4.54. The lowest BCUT2D eigenvalue weighted by atomic mass is 10.1. The van der Waals surface area contributed by atoms with E-state index in [4.69, 9.17) is 11.6 Å². The Bertz CT molecular complexity index is 1090. The number of benzene rings is 2. The van der Waals surface area contributed by atoms with Gasteiger partial charge >= 0.3 is 0 Å². The second kappa shape index (κ2) is 6.56. The van der Waals surface area contributed by atoms with E-state index in [1.54, 1.807) is 18.2 Å². The number of hydrogen-bond acceptors (Lipinski definition) is 3. The minimum Gasteiger partial charge on any atom is -0.305 e. The minimum absolute atomic E-state index is 0.123. The zero-order valence-electron chi connectivity index (χ0n) is 12.0. The van der Waals surface area contributed by atoms with Gasteiger partial charge < -0.3 is 4.98 Å². The standard InChI is InChI=1S/C17H8BrClFN3O/c18-13-6-9(1-4-14(13)20)5-10(8-21)16-22-15-7-11(19)2-3-12(15)17(24)23-16/h1-7H,(H,22,23,24)/b10-5-. The molecule has 0 aliphatic carbocycles.